The van der Waals surface area contributed by atoms with E-state index in [0.717, 1.165) is 37.5 Å². The summed E-state index contributed by atoms with van der Waals surface area (Å²) < 4.78 is 0. The summed E-state index contributed by atoms with van der Waals surface area (Å²) in [6.45, 7) is 4.65. The molecule has 3 heteroatoms. The summed E-state index contributed by atoms with van der Waals surface area (Å²) in [6.07, 6.45) is 10.3. The van der Waals surface area contributed by atoms with Crippen LogP contribution in [0, 0.1) is 11.8 Å². The molecule has 0 radical (unpaired) electrons. The Hall–Kier alpha value is -0.570. The second-order valence-electron chi connectivity index (χ2n) is 7.30. The minimum absolute atomic E-state index is 0.0654. The molecular weight excluding hydrogens is 248 g/mol. The average Bonchev–Trinajstić information content (AvgIpc) is 2.44. The van der Waals surface area contributed by atoms with Gasteiger partial charge in [-0.25, -0.2) is 0 Å². The Morgan fingerprint density at radius 1 is 1.10 bits per heavy atom. The molecule has 0 aliphatic heterocycles. The minimum atomic E-state index is 0.0654. The number of hydrogen-bond donors (Lipinski definition) is 2. The van der Waals surface area contributed by atoms with Crippen LogP contribution < -0.4 is 10.6 Å². The van der Waals surface area contributed by atoms with Crippen molar-refractivity contribution < 1.29 is 4.79 Å². The summed E-state index contributed by atoms with van der Waals surface area (Å²) in [7, 11) is 2.02. The molecule has 0 saturated heterocycles. The normalized spacial score (nSPS) is 33.6. The van der Waals surface area contributed by atoms with Gasteiger partial charge < -0.3 is 10.6 Å². The molecule has 2 N–H and O–H groups in total. The summed E-state index contributed by atoms with van der Waals surface area (Å²) in [4.78, 5) is 12.4. The zero-order chi connectivity index (χ0) is 14.6. The van der Waals surface area contributed by atoms with E-state index in [2.05, 4.69) is 24.5 Å². The van der Waals surface area contributed by atoms with E-state index in [1.54, 1.807) is 0 Å². The molecule has 3 atom stereocenters. The van der Waals surface area contributed by atoms with Crippen molar-refractivity contribution in [1.82, 2.24) is 10.6 Å². The van der Waals surface area contributed by atoms with Gasteiger partial charge in [0.25, 0.3) is 0 Å². The van der Waals surface area contributed by atoms with E-state index in [1.165, 1.54) is 25.7 Å². The van der Waals surface area contributed by atoms with Gasteiger partial charge in [-0.1, -0.05) is 33.1 Å². The van der Waals surface area contributed by atoms with Crippen LogP contribution in [0.5, 0.6) is 0 Å². The highest BCUT2D eigenvalue weighted by Crippen LogP contribution is 2.32. The Morgan fingerprint density at radius 3 is 2.40 bits per heavy atom. The molecule has 0 aromatic rings. The number of rotatable bonds is 4. The van der Waals surface area contributed by atoms with Crippen LogP contribution in [0.3, 0.4) is 0 Å². The first-order valence-electron chi connectivity index (χ1n) is 8.53. The van der Waals surface area contributed by atoms with E-state index in [0.29, 0.717) is 12.5 Å². The Morgan fingerprint density at radius 2 is 1.80 bits per heavy atom. The van der Waals surface area contributed by atoms with Crippen molar-refractivity contribution in [2.75, 3.05) is 7.05 Å². The van der Waals surface area contributed by atoms with Crippen LogP contribution in [-0.2, 0) is 4.79 Å². The van der Waals surface area contributed by atoms with E-state index in [4.69, 9.17) is 0 Å². The van der Waals surface area contributed by atoms with Gasteiger partial charge in [-0.2, -0.15) is 0 Å². The zero-order valence-corrected chi connectivity index (χ0v) is 13.5. The first-order valence-corrected chi connectivity index (χ1v) is 8.53. The highest BCUT2D eigenvalue weighted by atomic mass is 16.1. The lowest BCUT2D eigenvalue weighted by atomic mass is 9.78. The van der Waals surface area contributed by atoms with Gasteiger partial charge in [0.2, 0.25) is 5.91 Å². The van der Waals surface area contributed by atoms with Crippen LogP contribution in [0.15, 0.2) is 0 Å². The quantitative estimate of drug-likeness (QED) is 0.830. The lowest BCUT2D eigenvalue weighted by molar-refractivity contribution is -0.124. The molecule has 2 aliphatic rings. The molecule has 0 spiro atoms. The second-order valence-corrected chi connectivity index (χ2v) is 7.30. The summed E-state index contributed by atoms with van der Waals surface area (Å²) in [6, 6.07) is 0.409. The van der Waals surface area contributed by atoms with Gasteiger partial charge in [-0.15, -0.1) is 0 Å². The summed E-state index contributed by atoms with van der Waals surface area (Å²) in [5.74, 6) is 1.81. The van der Waals surface area contributed by atoms with Gasteiger partial charge in [-0.05, 0) is 51.0 Å². The van der Waals surface area contributed by atoms with Crippen molar-refractivity contribution in [2.24, 2.45) is 11.8 Å². The van der Waals surface area contributed by atoms with Gasteiger partial charge in [0.05, 0.1) is 0 Å². The molecule has 116 valence electrons. The van der Waals surface area contributed by atoms with Crippen LogP contribution in [0.2, 0.25) is 0 Å². The van der Waals surface area contributed by atoms with E-state index in [1.807, 2.05) is 7.05 Å². The van der Waals surface area contributed by atoms with Crippen LogP contribution in [0.25, 0.3) is 0 Å². The fraction of sp³-hybridized carbons (Fsp3) is 0.941. The Balaban J connectivity index is 1.82. The molecule has 20 heavy (non-hydrogen) atoms. The number of nitrogens with one attached hydrogen (secondary N) is 2. The number of carbonyl (C=O) groups is 1. The van der Waals surface area contributed by atoms with Gasteiger partial charge >= 0.3 is 0 Å². The zero-order valence-electron chi connectivity index (χ0n) is 13.5. The van der Waals surface area contributed by atoms with Crippen LogP contribution >= 0.6 is 0 Å². The fourth-order valence-corrected chi connectivity index (χ4v) is 4.01. The number of amides is 1. The van der Waals surface area contributed by atoms with Crippen LogP contribution in [0.1, 0.15) is 71.6 Å². The Labute approximate surface area is 124 Å². The van der Waals surface area contributed by atoms with Gasteiger partial charge in [0.15, 0.2) is 0 Å². The maximum absolute atomic E-state index is 12.4. The average molecular weight is 280 g/mol. The Kier molecular flexibility index (Phi) is 5.48. The third kappa shape index (κ3) is 3.97. The first-order chi connectivity index (χ1) is 9.54. The molecule has 3 unspecified atom stereocenters. The van der Waals surface area contributed by atoms with Crippen LogP contribution in [-0.4, -0.2) is 24.5 Å². The molecule has 0 bridgehead atoms. The molecule has 0 heterocycles. The fourth-order valence-electron chi connectivity index (χ4n) is 4.01. The molecule has 0 aromatic carbocycles. The highest BCUT2D eigenvalue weighted by molar-refractivity contribution is 5.77. The predicted molar refractivity (Wildman–Crippen MR) is 83.6 cm³/mol. The summed E-state index contributed by atoms with van der Waals surface area (Å²) in [5, 5.41) is 6.74. The SMILES string of the molecule is CNC1(CC(=O)NC2CCC(C)C(C)C2)CCCCC1. The van der Waals surface area contributed by atoms with Crippen molar-refractivity contribution in [3.05, 3.63) is 0 Å². The summed E-state index contributed by atoms with van der Waals surface area (Å²) in [5.41, 5.74) is 0.0654. The molecule has 3 nitrogen and oxygen atoms in total. The largest absolute Gasteiger partial charge is 0.353 e. The molecule has 2 fully saturated rings. The standard InChI is InChI=1S/C17H32N2O/c1-13-7-8-15(11-14(13)2)19-16(20)12-17(18-3)9-5-4-6-10-17/h13-15,18H,4-12H2,1-3H3,(H,19,20). The number of hydrogen-bond acceptors (Lipinski definition) is 2. The molecule has 1 amide bonds. The van der Waals surface area contributed by atoms with Crippen molar-refractivity contribution in [3.8, 4) is 0 Å². The lowest BCUT2D eigenvalue weighted by Gasteiger charge is -2.38. The molecule has 2 rings (SSSR count). The third-order valence-corrected chi connectivity index (χ3v) is 5.80. The predicted octanol–water partition coefficient (Wildman–Crippen LogP) is 3.24. The van der Waals surface area contributed by atoms with Crippen molar-refractivity contribution in [3.63, 3.8) is 0 Å². The minimum Gasteiger partial charge on any atom is -0.353 e. The molecule has 2 aliphatic carbocycles. The van der Waals surface area contributed by atoms with Crippen molar-refractivity contribution >= 4 is 5.91 Å². The summed E-state index contributed by atoms with van der Waals surface area (Å²) >= 11 is 0. The van der Waals surface area contributed by atoms with E-state index in [-0.39, 0.29) is 11.4 Å². The van der Waals surface area contributed by atoms with Crippen molar-refractivity contribution in [2.45, 2.75) is 83.2 Å². The monoisotopic (exact) mass is 280 g/mol. The smallest absolute Gasteiger partial charge is 0.222 e. The molecular formula is C17H32N2O. The second kappa shape index (κ2) is 6.93. The molecule has 2 saturated carbocycles. The van der Waals surface area contributed by atoms with E-state index >= 15 is 0 Å². The third-order valence-electron chi connectivity index (χ3n) is 5.80. The van der Waals surface area contributed by atoms with Gasteiger partial charge in [0.1, 0.15) is 0 Å². The number of carbonyl (C=O) groups excluding carboxylic acids is 1. The lowest BCUT2D eigenvalue weighted by Crippen LogP contribution is -2.50. The highest BCUT2D eigenvalue weighted by Gasteiger charge is 2.33. The van der Waals surface area contributed by atoms with Crippen molar-refractivity contribution in [1.29, 1.82) is 0 Å². The van der Waals surface area contributed by atoms with Crippen LogP contribution in [0.4, 0.5) is 0 Å². The molecule has 0 aromatic heterocycles. The van der Waals surface area contributed by atoms with Gasteiger partial charge in [0, 0.05) is 18.0 Å². The van der Waals surface area contributed by atoms with E-state index in [9.17, 15) is 4.79 Å². The Bertz CT molecular complexity index is 323. The topological polar surface area (TPSA) is 41.1 Å². The van der Waals surface area contributed by atoms with E-state index < -0.39 is 0 Å². The van der Waals surface area contributed by atoms with Gasteiger partial charge in [-0.3, -0.25) is 4.79 Å². The first kappa shape index (κ1) is 15.8. The maximum Gasteiger partial charge on any atom is 0.222 e. The maximum atomic E-state index is 12.4.